The molecule has 11 nitrogen and oxygen atoms in total. The average molecular weight is 496 g/mol. The number of nitrogens with zero attached hydrogens (tertiary/aromatic N) is 1. The van der Waals surface area contributed by atoms with Gasteiger partial charge in [-0.1, -0.05) is 18.2 Å². The van der Waals surface area contributed by atoms with Crippen LogP contribution in [-0.2, 0) is 40.3 Å². The average Bonchev–Trinajstić information content (AvgIpc) is 2.42. The Kier molecular flexibility index (Phi) is 7.47. The SMILES string of the molecule is CS(=O)(=O)Oc1c(S(=O)(=O)[O-])ccc2c(N(S(C)(=O)=O)S(C)(=O)=O)cccc12.[Na+]. The fourth-order valence-corrected chi connectivity index (χ4v) is 6.64. The van der Waals surface area contributed by atoms with Crippen molar-refractivity contribution in [1.82, 2.24) is 0 Å². The van der Waals surface area contributed by atoms with E-state index in [0.717, 1.165) is 24.3 Å². The third-order valence-electron chi connectivity index (χ3n) is 3.26. The van der Waals surface area contributed by atoms with Gasteiger partial charge in [-0.15, -0.1) is 0 Å². The first kappa shape index (κ1) is 26.1. The molecule has 0 atom stereocenters. The topological polar surface area (TPSA) is 172 Å². The minimum Gasteiger partial charge on any atom is -0.744 e. The Balaban J connectivity index is 0.00000420. The van der Waals surface area contributed by atoms with Crippen LogP contribution in [0.4, 0.5) is 5.69 Å². The Morgan fingerprint density at radius 2 is 1.31 bits per heavy atom. The van der Waals surface area contributed by atoms with Gasteiger partial charge >= 0.3 is 39.7 Å². The Hall–Kier alpha value is -0.940. The molecule has 0 aromatic heterocycles. The van der Waals surface area contributed by atoms with Gasteiger partial charge in [0.1, 0.15) is 10.1 Å². The molecular formula is C13H14NNaO10S4. The van der Waals surface area contributed by atoms with Crippen LogP contribution in [0.5, 0.6) is 5.75 Å². The predicted molar refractivity (Wildman–Crippen MR) is 99.5 cm³/mol. The van der Waals surface area contributed by atoms with E-state index < -0.39 is 56.6 Å². The van der Waals surface area contributed by atoms with E-state index in [1.165, 1.54) is 0 Å². The van der Waals surface area contributed by atoms with Crippen LogP contribution in [0, 0.1) is 0 Å². The van der Waals surface area contributed by atoms with Gasteiger partial charge < -0.3 is 8.74 Å². The van der Waals surface area contributed by atoms with Crippen LogP contribution in [0.15, 0.2) is 35.2 Å². The molecule has 2 rings (SSSR count). The molecule has 156 valence electrons. The monoisotopic (exact) mass is 495 g/mol. The molecule has 0 saturated heterocycles. The van der Waals surface area contributed by atoms with Crippen LogP contribution in [0.2, 0.25) is 0 Å². The first-order valence-electron chi connectivity index (χ1n) is 7.04. The van der Waals surface area contributed by atoms with Crippen molar-refractivity contribution in [1.29, 1.82) is 0 Å². The van der Waals surface area contributed by atoms with E-state index in [9.17, 15) is 38.2 Å². The zero-order valence-electron chi connectivity index (χ0n) is 15.5. The van der Waals surface area contributed by atoms with Gasteiger partial charge in [-0.05, 0) is 12.1 Å². The molecule has 16 heteroatoms. The van der Waals surface area contributed by atoms with Crippen molar-refractivity contribution >= 4 is 56.7 Å². The molecular weight excluding hydrogens is 481 g/mol. The molecule has 0 aliphatic rings. The van der Waals surface area contributed by atoms with E-state index in [1.807, 2.05) is 0 Å². The largest absolute Gasteiger partial charge is 1.00 e. The van der Waals surface area contributed by atoms with Gasteiger partial charge in [0.2, 0.25) is 20.0 Å². The van der Waals surface area contributed by atoms with E-state index in [2.05, 4.69) is 4.18 Å². The first-order chi connectivity index (χ1) is 12.4. The maximum absolute atomic E-state index is 12.0. The number of hydrogen-bond acceptors (Lipinski definition) is 10. The summed E-state index contributed by atoms with van der Waals surface area (Å²) in [5.74, 6) is -0.862. The second kappa shape index (κ2) is 8.30. The zero-order chi connectivity index (χ0) is 21.7. The second-order valence-corrected chi connectivity index (χ2v) is 12.5. The van der Waals surface area contributed by atoms with E-state index in [-0.39, 0.29) is 44.0 Å². The normalized spacial score (nSPS) is 13.0. The third kappa shape index (κ3) is 6.04. The Labute approximate surface area is 190 Å². The summed E-state index contributed by atoms with van der Waals surface area (Å²) in [7, 11) is -18.2. The number of rotatable bonds is 6. The molecule has 0 aliphatic heterocycles. The van der Waals surface area contributed by atoms with Crippen LogP contribution < -0.4 is 37.5 Å². The maximum Gasteiger partial charge on any atom is 1.00 e. The fourth-order valence-electron chi connectivity index (χ4n) is 2.49. The molecule has 0 spiro atoms. The van der Waals surface area contributed by atoms with Crippen molar-refractivity contribution in [2.45, 2.75) is 4.90 Å². The Morgan fingerprint density at radius 1 is 0.793 bits per heavy atom. The molecule has 0 aliphatic carbocycles. The van der Waals surface area contributed by atoms with Crippen LogP contribution in [0.25, 0.3) is 10.8 Å². The quantitative estimate of drug-likeness (QED) is 0.226. The molecule has 0 unspecified atom stereocenters. The smallest absolute Gasteiger partial charge is 0.744 e. The van der Waals surface area contributed by atoms with Crippen molar-refractivity contribution in [2.24, 2.45) is 0 Å². The number of sulfonamides is 2. The molecule has 29 heavy (non-hydrogen) atoms. The van der Waals surface area contributed by atoms with Gasteiger partial charge in [0.15, 0.2) is 5.75 Å². The first-order valence-corrected chi connectivity index (χ1v) is 14.0. The van der Waals surface area contributed by atoms with Gasteiger partial charge in [-0.3, -0.25) is 0 Å². The van der Waals surface area contributed by atoms with Crippen molar-refractivity contribution < 1.29 is 72.0 Å². The molecule has 2 aromatic carbocycles. The second-order valence-electron chi connectivity index (χ2n) is 5.73. The minimum absolute atomic E-state index is 0. The van der Waals surface area contributed by atoms with Gasteiger partial charge in [0.05, 0.1) is 29.4 Å². The summed E-state index contributed by atoms with van der Waals surface area (Å²) in [5, 5.41) is -0.471. The van der Waals surface area contributed by atoms with Gasteiger partial charge in [-0.25, -0.2) is 25.3 Å². The standard InChI is InChI=1S/C13H15NO10S4.Na/c1-25(15,16)14(26(2,17)18)11-6-4-5-10-9(11)7-8-12(28(21,22)23)13(10)24-27(3,19)20;/h4-8H,1-3H3,(H,21,22,23);/q;+1/p-1. The maximum atomic E-state index is 12.0. The summed E-state index contributed by atoms with van der Waals surface area (Å²) in [6, 6.07) is 5.10. The Morgan fingerprint density at radius 3 is 1.72 bits per heavy atom. The molecule has 0 saturated carbocycles. The molecule has 0 amide bonds. The molecule has 0 heterocycles. The summed E-state index contributed by atoms with van der Waals surface area (Å²) in [6.45, 7) is 0. The molecule has 0 bridgehead atoms. The predicted octanol–water partition coefficient (Wildman–Crippen LogP) is -3.19. The van der Waals surface area contributed by atoms with Gasteiger partial charge in [0.25, 0.3) is 0 Å². The Bertz CT molecular complexity index is 1350. The minimum atomic E-state index is -5.18. The third-order valence-corrected chi connectivity index (χ3v) is 7.81. The van der Waals surface area contributed by atoms with Gasteiger partial charge in [-0.2, -0.15) is 12.1 Å². The van der Waals surface area contributed by atoms with Crippen molar-refractivity contribution in [3.8, 4) is 5.75 Å². The van der Waals surface area contributed by atoms with E-state index >= 15 is 0 Å². The van der Waals surface area contributed by atoms with Crippen molar-refractivity contribution in [3.63, 3.8) is 0 Å². The number of fused-ring (bicyclic) bond motifs is 1. The summed E-state index contributed by atoms with van der Waals surface area (Å²) >= 11 is 0. The van der Waals surface area contributed by atoms with Crippen LogP contribution in [0.3, 0.4) is 0 Å². The van der Waals surface area contributed by atoms with Gasteiger partial charge in [0, 0.05) is 10.8 Å². The molecule has 0 N–H and O–H groups in total. The number of anilines is 1. The fraction of sp³-hybridized carbons (Fsp3) is 0.231. The summed E-state index contributed by atoms with van der Waals surface area (Å²) < 4.78 is 110. The summed E-state index contributed by atoms with van der Waals surface area (Å²) in [5.41, 5.74) is -0.407. The van der Waals surface area contributed by atoms with E-state index in [4.69, 9.17) is 0 Å². The number of hydrogen-bond donors (Lipinski definition) is 0. The van der Waals surface area contributed by atoms with Crippen molar-refractivity contribution in [3.05, 3.63) is 30.3 Å². The van der Waals surface area contributed by atoms with Crippen LogP contribution >= 0.6 is 0 Å². The van der Waals surface area contributed by atoms with Crippen LogP contribution in [-0.4, -0.2) is 57.0 Å². The van der Waals surface area contributed by atoms with E-state index in [1.54, 1.807) is 0 Å². The summed E-state index contributed by atoms with van der Waals surface area (Å²) in [4.78, 5) is -1.01. The summed E-state index contributed by atoms with van der Waals surface area (Å²) in [6.07, 6.45) is 1.88. The number of benzene rings is 2. The zero-order valence-corrected chi connectivity index (χ0v) is 20.8. The molecule has 0 radical (unpaired) electrons. The molecule has 2 aromatic rings. The van der Waals surface area contributed by atoms with E-state index in [0.29, 0.717) is 24.8 Å². The molecule has 0 fully saturated rings. The van der Waals surface area contributed by atoms with Crippen molar-refractivity contribution in [2.75, 3.05) is 22.5 Å². The van der Waals surface area contributed by atoms with Crippen LogP contribution in [0.1, 0.15) is 0 Å².